The molecule has 3 aromatic rings. The van der Waals surface area contributed by atoms with Crippen LogP contribution in [0.5, 0.6) is 0 Å². The first-order valence-corrected chi connectivity index (χ1v) is 8.98. The number of aromatic amines is 1. The Balaban J connectivity index is 1.68. The second-order valence-electron chi connectivity index (χ2n) is 6.12. The minimum absolute atomic E-state index is 0.0589. The average molecular weight is 341 g/mol. The van der Waals surface area contributed by atoms with Gasteiger partial charge in [-0.2, -0.15) is 0 Å². The first kappa shape index (κ1) is 15.5. The molecular weight excluding hydrogens is 322 g/mol. The number of morpholine rings is 1. The fourth-order valence-electron chi connectivity index (χ4n) is 3.14. The molecule has 0 spiro atoms. The van der Waals surface area contributed by atoms with Gasteiger partial charge < -0.3 is 9.72 Å². The molecule has 2 aromatic heterocycles. The molecule has 0 radical (unpaired) electrons. The molecule has 0 unspecified atom stereocenters. The van der Waals surface area contributed by atoms with Crippen molar-refractivity contribution in [3.05, 3.63) is 51.9 Å². The van der Waals surface area contributed by atoms with Gasteiger partial charge in [-0.05, 0) is 12.5 Å². The number of fused-ring (bicyclic) bond motifs is 1. The van der Waals surface area contributed by atoms with E-state index in [-0.39, 0.29) is 11.7 Å². The topological polar surface area (TPSA) is 58.2 Å². The van der Waals surface area contributed by atoms with Crippen molar-refractivity contribution in [2.75, 3.05) is 19.7 Å². The van der Waals surface area contributed by atoms with Crippen LogP contribution >= 0.6 is 11.3 Å². The van der Waals surface area contributed by atoms with Crippen molar-refractivity contribution in [1.29, 1.82) is 0 Å². The SMILES string of the molecule is C[C@H]1CN(Cc2nc3scc(-c4ccccc4)c3c(=O)[nH]2)CCO1. The van der Waals surface area contributed by atoms with Crippen LogP contribution in [0, 0.1) is 0 Å². The number of H-pyrrole nitrogens is 1. The third-order valence-electron chi connectivity index (χ3n) is 4.28. The van der Waals surface area contributed by atoms with Crippen molar-refractivity contribution in [2.45, 2.75) is 19.6 Å². The summed E-state index contributed by atoms with van der Waals surface area (Å²) in [6.07, 6.45) is 0.223. The Labute approximate surface area is 143 Å². The number of thiophene rings is 1. The third kappa shape index (κ3) is 3.00. The Morgan fingerprint density at radius 1 is 1.38 bits per heavy atom. The van der Waals surface area contributed by atoms with Crippen LogP contribution in [0.15, 0.2) is 40.5 Å². The van der Waals surface area contributed by atoms with E-state index in [1.54, 1.807) is 0 Å². The zero-order valence-corrected chi connectivity index (χ0v) is 14.3. The first-order valence-electron chi connectivity index (χ1n) is 8.10. The molecule has 1 aromatic carbocycles. The van der Waals surface area contributed by atoms with Crippen molar-refractivity contribution in [3.8, 4) is 11.1 Å². The molecule has 6 heteroatoms. The predicted molar refractivity (Wildman–Crippen MR) is 96.4 cm³/mol. The number of hydrogen-bond acceptors (Lipinski definition) is 5. The van der Waals surface area contributed by atoms with Gasteiger partial charge in [-0.3, -0.25) is 9.69 Å². The first-order chi connectivity index (χ1) is 11.7. The van der Waals surface area contributed by atoms with Crippen LogP contribution in [0.2, 0.25) is 0 Å². The summed E-state index contributed by atoms with van der Waals surface area (Å²) < 4.78 is 5.56. The van der Waals surface area contributed by atoms with Crippen LogP contribution in [-0.2, 0) is 11.3 Å². The number of nitrogens with one attached hydrogen (secondary N) is 1. The molecule has 1 atom stereocenters. The van der Waals surface area contributed by atoms with Crippen LogP contribution < -0.4 is 5.56 Å². The fraction of sp³-hybridized carbons (Fsp3) is 0.333. The van der Waals surface area contributed by atoms with Gasteiger partial charge in [-0.15, -0.1) is 11.3 Å². The maximum Gasteiger partial charge on any atom is 0.260 e. The smallest absolute Gasteiger partial charge is 0.260 e. The summed E-state index contributed by atoms with van der Waals surface area (Å²) in [5, 5.41) is 2.70. The zero-order valence-electron chi connectivity index (χ0n) is 13.5. The second-order valence-corrected chi connectivity index (χ2v) is 6.98. The molecule has 0 aliphatic carbocycles. The summed E-state index contributed by atoms with van der Waals surface area (Å²) in [5.41, 5.74) is 1.94. The molecule has 0 bridgehead atoms. The number of benzene rings is 1. The number of hydrogen-bond donors (Lipinski definition) is 1. The van der Waals surface area contributed by atoms with Crippen LogP contribution in [0.25, 0.3) is 21.3 Å². The normalized spacial score (nSPS) is 19.0. The Hall–Kier alpha value is -2.02. The van der Waals surface area contributed by atoms with E-state index in [0.29, 0.717) is 11.9 Å². The molecule has 4 rings (SSSR count). The van der Waals surface area contributed by atoms with Gasteiger partial charge in [0.25, 0.3) is 5.56 Å². The third-order valence-corrected chi connectivity index (χ3v) is 5.15. The molecule has 124 valence electrons. The van der Waals surface area contributed by atoms with Crippen molar-refractivity contribution >= 4 is 21.6 Å². The lowest BCUT2D eigenvalue weighted by Gasteiger charge is -2.30. The number of aromatic nitrogens is 2. The highest BCUT2D eigenvalue weighted by Crippen LogP contribution is 2.30. The molecule has 1 N–H and O–H groups in total. The molecule has 0 saturated carbocycles. The molecule has 0 amide bonds. The standard InChI is InChI=1S/C18H19N3O2S/c1-12-9-21(7-8-23-12)10-15-19-17(22)16-14(11-24-18(16)20-15)13-5-3-2-4-6-13/h2-6,11-12H,7-10H2,1H3,(H,19,20,22)/t12-/m0/s1. The minimum atomic E-state index is -0.0589. The average Bonchev–Trinajstić information content (AvgIpc) is 3.00. The lowest BCUT2D eigenvalue weighted by molar-refractivity contribution is -0.0219. The van der Waals surface area contributed by atoms with E-state index >= 15 is 0 Å². The summed E-state index contributed by atoms with van der Waals surface area (Å²) in [5.74, 6) is 0.725. The lowest BCUT2D eigenvalue weighted by atomic mass is 10.1. The van der Waals surface area contributed by atoms with Gasteiger partial charge in [0.05, 0.1) is 24.6 Å². The Morgan fingerprint density at radius 2 is 2.21 bits per heavy atom. The summed E-state index contributed by atoms with van der Waals surface area (Å²) in [4.78, 5) is 23.3. The van der Waals surface area contributed by atoms with Crippen LogP contribution in [0.1, 0.15) is 12.7 Å². The van der Waals surface area contributed by atoms with Crippen LogP contribution in [-0.4, -0.2) is 40.7 Å². The highest BCUT2D eigenvalue weighted by molar-refractivity contribution is 7.17. The van der Waals surface area contributed by atoms with E-state index in [0.717, 1.165) is 41.5 Å². The minimum Gasteiger partial charge on any atom is -0.376 e. The van der Waals surface area contributed by atoms with Crippen molar-refractivity contribution in [1.82, 2.24) is 14.9 Å². The molecule has 1 fully saturated rings. The van der Waals surface area contributed by atoms with E-state index in [1.807, 2.05) is 35.7 Å². The van der Waals surface area contributed by atoms with Crippen molar-refractivity contribution in [2.24, 2.45) is 0 Å². The summed E-state index contributed by atoms with van der Waals surface area (Å²) in [6.45, 7) is 5.17. The largest absolute Gasteiger partial charge is 0.376 e. The molecule has 1 aliphatic rings. The van der Waals surface area contributed by atoms with E-state index < -0.39 is 0 Å². The number of nitrogens with zero attached hydrogens (tertiary/aromatic N) is 2. The van der Waals surface area contributed by atoms with Gasteiger partial charge in [-0.1, -0.05) is 30.3 Å². The van der Waals surface area contributed by atoms with Crippen LogP contribution in [0.4, 0.5) is 0 Å². The van der Waals surface area contributed by atoms with Crippen molar-refractivity contribution < 1.29 is 4.74 Å². The van der Waals surface area contributed by atoms with E-state index in [1.165, 1.54) is 11.3 Å². The fourth-order valence-corrected chi connectivity index (χ4v) is 4.11. The second kappa shape index (κ2) is 6.47. The van der Waals surface area contributed by atoms with Crippen LogP contribution in [0.3, 0.4) is 0 Å². The maximum absolute atomic E-state index is 12.6. The maximum atomic E-state index is 12.6. The van der Waals surface area contributed by atoms with Gasteiger partial charge in [0.1, 0.15) is 10.7 Å². The van der Waals surface area contributed by atoms with Gasteiger partial charge in [0.15, 0.2) is 0 Å². The lowest BCUT2D eigenvalue weighted by Crippen LogP contribution is -2.41. The Morgan fingerprint density at radius 3 is 3.00 bits per heavy atom. The van der Waals surface area contributed by atoms with E-state index in [4.69, 9.17) is 4.74 Å². The highest BCUT2D eigenvalue weighted by atomic mass is 32.1. The van der Waals surface area contributed by atoms with Gasteiger partial charge >= 0.3 is 0 Å². The molecule has 3 heterocycles. The molecule has 24 heavy (non-hydrogen) atoms. The van der Waals surface area contributed by atoms with E-state index in [9.17, 15) is 4.79 Å². The Bertz CT molecular complexity index is 904. The molecule has 5 nitrogen and oxygen atoms in total. The highest BCUT2D eigenvalue weighted by Gasteiger charge is 2.19. The zero-order chi connectivity index (χ0) is 16.5. The van der Waals surface area contributed by atoms with Gasteiger partial charge in [0, 0.05) is 24.0 Å². The van der Waals surface area contributed by atoms with E-state index in [2.05, 4.69) is 21.8 Å². The predicted octanol–water partition coefficient (Wildman–Crippen LogP) is 2.87. The molecule has 1 aliphatic heterocycles. The summed E-state index contributed by atoms with van der Waals surface area (Å²) in [7, 11) is 0. The summed E-state index contributed by atoms with van der Waals surface area (Å²) >= 11 is 1.53. The van der Waals surface area contributed by atoms with Crippen molar-refractivity contribution in [3.63, 3.8) is 0 Å². The number of rotatable bonds is 3. The molecular formula is C18H19N3O2S. The van der Waals surface area contributed by atoms with Gasteiger partial charge in [-0.25, -0.2) is 4.98 Å². The Kier molecular flexibility index (Phi) is 4.18. The van der Waals surface area contributed by atoms with Gasteiger partial charge in [0.2, 0.25) is 0 Å². The monoisotopic (exact) mass is 341 g/mol. The number of ether oxygens (including phenoxy) is 1. The summed E-state index contributed by atoms with van der Waals surface area (Å²) in [6, 6.07) is 9.97. The quantitative estimate of drug-likeness (QED) is 0.796. The molecule has 1 saturated heterocycles.